The number of carbonyl (C=O) groups excluding carboxylic acids is 1. The van der Waals surface area contributed by atoms with E-state index in [4.69, 9.17) is 0 Å². The number of nitrogens with one attached hydrogen (secondary N) is 1. The summed E-state index contributed by atoms with van der Waals surface area (Å²) in [5, 5.41) is 17.9. The first kappa shape index (κ1) is 12.6. The number of hydrogen-bond donors (Lipinski definition) is 2. The normalized spacial score (nSPS) is 16.8. The summed E-state index contributed by atoms with van der Waals surface area (Å²) in [6, 6.07) is 1.88. The van der Waals surface area contributed by atoms with Crippen LogP contribution in [0.4, 0.5) is 0 Å². The third kappa shape index (κ3) is 2.37. The molecule has 1 unspecified atom stereocenters. The average molecular weight is 279 g/mol. The van der Waals surface area contributed by atoms with E-state index in [1.807, 2.05) is 20.0 Å². The van der Waals surface area contributed by atoms with Gasteiger partial charge in [0.2, 0.25) is 0 Å². The first-order chi connectivity index (χ1) is 9.06. The summed E-state index contributed by atoms with van der Waals surface area (Å²) in [5.41, 5.74) is 0.936. The highest BCUT2D eigenvalue weighted by Gasteiger charge is 2.29. The van der Waals surface area contributed by atoms with Gasteiger partial charge in [0.1, 0.15) is 4.83 Å². The van der Waals surface area contributed by atoms with Crippen molar-refractivity contribution in [2.45, 2.75) is 25.9 Å². The van der Waals surface area contributed by atoms with Gasteiger partial charge in [-0.2, -0.15) is 5.10 Å². The number of aliphatic hydroxyl groups is 1. The Balaban J connectivity index is 1.72. The second-order valence-electron chi connectivity index (χ2n) is 5.15. The van der Waals surface area contributed by atoms with Crippen LogP contribution in [0.1, 0.15) is 28.2 Å². The molecule has 1 fully saturated rings. The molecule has 2 N–H and O–H groups in total. The van der Waals surface area contributed by atoms with Crippen molar-refractivity contribution < 1.29 is 9.90 Å². The Morgan fingerprint density at radius 1 is 1.68 bits per heavy atom. The zero-order chi connectivity index (χ0) is 13.6. The standard InChI is InChI=1S/C13H17N3O2S/c1-7-9-5-11(19-13(9)16(2)15-7)12(18)14-6-10(17)8-3-4-8/h5,8,10,17H,3-4,6H2,1-2H3,(H,14,18). The fraction of sp³-hybridized carbons (Fsp3) is 0.538. The van der Waals surface area contributed by atoms with Crippen LogP contribution in [0.2, 0.25) is 0 Å². The number of amides is 1. The summed E-state index contributed by atoms with van der Waals surface area (Å²) in [5.74, 6) is 0.273. The molecule has 6 heteroatoms. The van der Waals surface area contributed by atoms with Crippen molar-refractivity contribution in [2.24, 2.45) is 13.0 Å². The second kappa shape index (κ2) is 4.61. The summed E-state index contributed by atoms with van der Waals surface area (Å²) in [7, 11) is 1.88. The molecule has 1 aliphatic carbocycles. The molecule has 5 nitrogen and oxygen atoms in total. The van der Waals surface area contributed by atoms with E-state index >= 15 is 0 Å². The van der Waals surface area contributed by atoms with Gasteiger partial charge in [0.25, 0.3) is 5.91 Å². The minimum absolute atomic E-state index is 0.111. The van der Waals surface area contributed by atoms with E-state index in [2.05, 4.69) is 10.4 Å². The van der Waals surface area contributed by atoms with E-state index in [9.17, 15) is 9.90 Å². The van der Waals surface area contributed by atoms with Gasteiger partial charge < -0.3 is 10.4 Å². The van der Waals surface area contributed by atoms with Crippen molar-refractivity contribution in [3.8, 4) is 0 Å². The summed E-state index contributed by atoms with van der Waals surface area (Å²) in [6.07, 6.45) is 1.75. The van der Waals surface area contributed by atoms with Crippen LogP contribution in [0.15, 0.2) is 6.07 Å². The maximum atomic E-state index is 12.0. The van der Waals surface area contributed by atoms with Crippen molar-refractivity contribution in [3.05, 3.63) is 16.6 Å². The number of fused-ring (bicyclic) bond motifs is 1. The third-order valence-electron chi connectivity index (χ3n) is 3.56. The molecule has 0 spiro atoms. The summed E-state index contributed by atoms with van der Waals surface area (Å²) >= 11 is 1.44. The zero-order valence-corrected chi connectivity index (χ0v) is 11.8. The Labute approximate surface area is 115 Å². The lowest BCUT2D eigenvalue weighted by atomic mass is 10.2. The lowest BCUT2D eigenvalue weighted by molar-refractivity contribution is 0.0905. The zero-order valence-electron chi connectivity index (χ0n) is 11.0. The molecular formula is C13H17N3O2S. The van der Waals surface area contributed by atoms with Gasteiger partial charge in [0.05, 0.1) is 16.7 Å². The van der Waals surface area contributed by atoms with Crippen molar-refractivity contribution in [1.82, 2.24) is 15.1 Å². The van der Waals surface area contributed by atoms with Gasteiger partial charge in [-0.1, -0.05) is 0 Å². The van der Waals surface area contributed by atoms with Crippen LogP contribution < -0.4 is 5.32 Å². The van der Waals surface area contributed by atoms with Crippen LogP contribution in [-0.2, 0) is 7.05 Å². The highest BCUT2D eigenvalue weighted by molar-refractivity contribution is 7.20. The van der Waals surface area contributed by atoms with Crippen LogP contribution in [0.3, 0.4) is 0 Å². The van der Waals surface area contributed by atoms with E-state index in [-0.39, 0.29) is 5.91 Å². The van der Waals surface area contributed by atoms with Gasteiger partial charge in [-0.25, -0.2) is 0 Å². The van der Waals surface area contributed by atoms with Crippen LogP contribution in [0, 0.1) is 12.8 Å². The fourth-order valence-corrected chi connectivity index (χ4v) is 3.29. The molecule has 2 heterocycles. The highest BCUT2D eigenvalue weighted by atomic mass is 32.1. The monoisotopic (exact) mass is 279 g/mol. The maximum Gasteiger partial charge on any atom is 0.261 e. The lowest BCUT2D eigenvalue weighted by Gasteiger charge is -2.09. The van der Waals surface area contributed by atoms with E-state index in [0.717, 1.165) is 28.8 Å². The number of nitrogens with zero attached hydrogens (tertiary/aromatic N) is 2. The van der Waals surface area contributed by atoms with Crippen molar-refractivity contribution in [2.75, 3.05) is 6.54 Å². The van der Waals surface area contributed by atoms with E-state index in [1.54, 1.807) is 4.68 Å². The smallest absolute Gasteiger partial charge is 0.261 e. The molecule has 0 aromatic carbocycles. The van der Waals surface area contributed by atoms with Gasteiger partial charge in [-0.15, -0.1) is 11.3 Å². The molecule has 0 radical (unpaired) electrons. The Morgan fingerprint density at radius 3 is 3.05 bits per heavy atom. The number of aryl methyl sites for hydroxylation is 2. The van der Waals surface area contributed by atoms with E-state index in [1.165, 1.54) is 11.3 Å². The quantitative estimate of drug-likeness (QED) is 0.890. The molecule has 19 heavy (non-hydrogen) atoms. The molecule has 1 saturated carbocycles. The van der Waals surface area contributed by atoms with Gasteiger partial charge in [-0.3, -0.25) is 9.48 Å². The summed E-state index contributed by atoms with van der Waals surface area (Å²) in [6.45, 7) is 2.28. The number of aliphatic hydroxyl groups excluding tert-OH is 1. The topological polar surface area (TPSA) is 67.2 Å². The molecular weight excluding hydrogens is 262 g/mol. The first-order valence-corrected chi connectivity index (χ1v) is 7.27. The van der Waals surface area contributed by atoms with Crippen molar-refractivity contribution >= 4 is 27.5 Å². The molecule has 0 bridgehead atoms. The fourth-order valence-electron chi connectivity index (χ4n) is 2.25. The van der Waals surface area contributed by atoms with Gasteiger partial charge in [-0.05, 0) is 31.7 Å². The van der Waals surface area contributed by atoms with E-state index in [0.29, 0.717) is 17.3 Å². The van der Waals surface area contributed by atoms with Gasteiger partial charge in [0, 0.05) is 19.0 Å². The Kier molecular flexibility index (Phi) is 3.06. The SMILES string of the molecule is Cc1nn(C)c2sc(C(=O)NCC(O)C3CC3)cc12. The number of aromatic nitrogens is 2. The van der Waals surface area contributed by atoms with Crippen molar-refractivity contribution in [1.29, 1.82) is 0 Å². The maximum absolute atomic E-state index is 12.0. The molecule has 0 saturated heterocycles. The van der Waals surface area contributed by atoms with Crippen LogP contribution in [0.5, 0.6) is 0 Å². The molecule has 1 atom stereocenters. The van der Waals surface area contributed by atoms with Gasteiger partial charge >= 0.3 is 0 Å². The second-order valence-corrected chi connectivity index (χ2v) is 6.18. The Bertz CT molecular complexity index is 593. The average Bonchev–Trinajstić information content (AvgIpc) is 3.07. The summed E-state index contributed by atoms with van der Waals surface area (Å²) in [4.78, 5) is 13.7. The minimum Gasteiger partial charge on any atom is -0.391 e. The minimum atomic E-state index is -0.401. The molecule has 3 rings (SSSR count). The number of rotatable bonds is 4. The van der Waals surface area contributed by atoms with Crippen LogP contribution in [0.25, 0.3) is 10.2 Å². The predicted molar refractivity (Wildman–Crippen MR) is 74.4 cm³/mol. The van der Waals surface area contributed by atoms with Crippen LogP contribution in [-0.4, -0.2) is 33.4 Å². The molecule has 102 valence electrons. The Hall–Kier alpha value is -1.40. The number of carbonyl (C=O) groups is 1. The summed E-state index contributed by atoms with van der Waals surface area (Å²) < 4.78 is 1.80. The molecule has 0 aliphatic heterocycles. The molecule has 1 aliphatic rings. The number of thiophene rings is 1. The van der Waals surface area contributed by atoms with E-state index < -0.39 is 6.10 Å². The highest BCUT2D eigenvalue weighted by Crippen LogP contribution is 2.32. The molecule has 2 aromatic heterocycles. The first-order valence-electron chi connectivity index (χ1n) is 6.45. The van der Waals surface area contributed by atoms with Gasteiger partial charge in [0.15, 0.2) is 0 Å². The third-order valence-corrected chi connectivity index (χ3v) is 4.76. The predicted octanol–water partition coefficient (Wildman–Crippen LogP) is 1.44. The largest absolute Gasteiger partial charge is 0.391 e. The molecule has 2 aromatic rings. The lowest BCUT2D eigenvalue weighted by Crippen LogP contribution is -2.32. The number of hydrogen-bond acceptors (Lipinski definition) is 4. The Morgan fingerprint density at radius 2 is 2.42 bits per heavy atom. The van der Waals surface area contributed by atoms with Crippen molar-refractivity contribution in [3.63, 3.8) is 0 Å². The van der Waals surface area contributed by atoms with Crippen LogP contribution >= 0.6 is 11.3 Å². The molecule has 1 amide bonds.